The van der Waals surface area contributed by atoms with Gasteiger partial charge in [-0.05, 0) is 55.0 Å². The van der Waals surface area contributed by atoms with Crippen molar-refractivity contribution >= 4 is 45.8 Å². The van der Waals surface area contributed by atoms with Crippen LogP contribution in [0.3, 0.4) is 0 Å². The second-order valence-corrected chi connectivity index (χ2v) is 9.08. The molecule has 0 fully saturated rings. The van der Waals surface area contributed by atoms with Gasteiger partial charge in [0.2, 0.25) is 0 Å². The number of carbonyl (C=O) groups is 3. The Morgan fingerprint density at radius 2 is 1.73 bits per heavy atom. The molecule has 0 unspecified atom stereocenters. The fourth-order valence-corrected chi connectivity index (χ4v) is 4.70. The van der Waals surface area contributed by atoms with Crippen molar-refractivity contribution in [3.8, 4) is 0 Å². The van der Waals surface area contributed by atoms with E-state index in [0.29, 0.717) is 22.2 Å². The molecule has 2 aromatic carbocycles. The molecule has 37 heavy (non-hydrogen) atoms. The minimum absolute atomic E-state index is 0.0276. The van der Waals surface area contributed by atoms with Crippen molar-refractivity contribution in [2.45, 2.75) is 26.3 Å². The molecular formula is C26H24ClF2N5O3. The molecule has 0 saturated heterocycles. The fourth-order valence-electron chi connectivity index (χ4n) is 4.42. The highest BCUT2D eigenvalue weighted by Crippen LogP contribution is 2.37. The molecular weight excluding hydrogens is 504 g/mol. The van der Waals surface area contributed by atoms with E-state index in [0.717, 1.165) is 0 Å². The highest BCUT2D eigenvalue weighted by atomic mass is 35.5. The number of rotatable bonds is 7. The molecule has 0 spiro atoms. The second kappa shape index (κ2) is 10.1. The van der Waals surface area contributed by atoms with Gasteiger partial charge >= 0.3 is 0 Å². The Kier molecular flexibility index (Phi) is 7.13. The number of fused-ring (bicyclic) bond motifs is 1. The number of Topliss-reactive ketones (excluding diaryl/α,β-unsaturated/α-hetero) is 1. The molecule has 0 bridgehead atoms. The van der Waals surface area contributed by atoms with Gasteiger partial charge in [-0.2, -0.15) is 5.10 Å². The molecule has 4 rings (SSSR count). The van der Waals surface area contributed by atoms with Gasteiger partial charge in [0.05, 0.1) is 17.7 Å². The van der Waals surface area contributed by atoms with Crippen LogP contribution in [0.15, 0.2) is 42.5 Å². The minimum atomic E-state index is -0.654. The monoisotopic (exact) mass is 527 g/mol. The van der Waals surface area contributed by atoms with Crippen LogP contribution in [0.1, 0.15) is 52.0 Å². The Hall–Kier alpha value is -4.05. The molecule has 8 nitrogen and oxygen atoms in total. The molecule has 2 N–H and O–H groups in total. The Morgan fingerprint density at radius 3 is 2.41 bits per heavy atom. The van der Waals surface area contributed by atoms with E-state index in [9.17, 15) is 23.2 Å². The van der Waals surface area contributed by atoms with Crippen LogP contribution in [0, 0.1) is 11.6 Å². The van der Waals surface area contributed by atoms with Crippen LogP contribution < -0.4 is 10.6 Å². The molecule has 0 aliphatic rings. The number of nitrogens with zero attached hydrogens (tertiary/aromatic N) is 3. The van der Waals surface area contributed by atoms with Gasteiger partial charge in [0.15, 0.2) is 5.69 Å². The fraction of sp³-hybridized carbons (Fsp3) is 0.231. The average Bonchev–Trinajstić information content (AvgIpc) is 3.36. The smallest absolute Gasteiger partial charge is 0.276 e. The van der Waals surface area contributed by atoms with Crippen LogP contribution in [-0.2, 0) is 18.4 Å². The summed E-state index contributed by atoms with van der Waals surface area (Å²) in [5, 5.41) is 10.1. The maximum atomic E-state index is 14.1. The SMILES string of the molecule is CNC(=O)c1cc(NC(=O)c2nn(C)c3ccc(F)cc23)c([C@H](C)c2cc(F)ccc2Cl)n1CC(C)=O. The van der Waals surface area contributed by atoms with Crippen molar-refractivity contribution in [1.82, 2.24) is 19.7 Å². The van der Waals surface area contributed by atoms with E-state index in [1.54, 1.807) is 14.0 Å². The summed E-state index contributed by atoms with van der Waals surface area (Å²) in [7, 11) is 3.07. The van der Waals surface area contributed by atoms with E-state index in [1.165, 1.54) is 65.7 Å². The van der Waals surface area contributed by atoms with E-state index in [4.69, 9.17) is 11.6 Å². The first-order valence-corrected chi connectivity index (χ1v) is 11.7. The van der Waals surface area contributed by atoms with Gasteiger partial charge in [-0.15, -0.1) is 0 Å². The number of aryl methyl sites for hydroxylation is 1. The lowest BCUT2D eigenvalue weighted by Gasteiger charge is -2.20. The van der Waals surface area contributed by atoms with Gasteiger partial charge < -0.3 is 15.2 Å². The zero-order chi connectivity index (χ0) is 27.0. The number of hydrogen-bond acceptors (Lipinski definition) is 4. The van der Waals surface area contributed by atoms with Gasteiger partial charge in [-0.3, -0.25) is 19.1 Å². The standard InChI is InChI=1S/C26H24ClF2N5O3/c1-13(35)12-34-22(25(36)30-3)11-20(24(34)14(2)17-9-15(28)5-7-19(17)27)31-26(37)23-18-10-16(29)6-8-21(18)33(4)32-23/h5-11,14H,12H2,1-4H3,(H,30,36)(H,31,37)/t14-/m1/s1. The number of carbonyl (C=O) groups excluding carboxylic acids is 3. The number of benzene rings is 2. The third kappa shape index (κ3) is 4.97. The topological polar surface area (TPSA) is 98.0 Å². The predicted molar refractivity (Wildman–Crippen MR) is 136 cm³/mol. The van der Waals surface area contributed by atoms with Crippen molar-refractivity contribution in [1.29, 1.82) is 0 Å². The third-order valence-corrected chi connectivity index (χ3v) is 6.43. The normalized spacial score (nSPS) is 12.0. The third-order valence-electron chi connectivity index (χ3n) is 6.09. The summed E-state index contributed by atoms with van der Waals surface area (Å²) < 4.78 is 31.0. The lowest BCUT2D eigenvalue weighted by molar-refractivity contribution is -0.117. The molecule has 2 heterocycles. The molecule has 0 radical (unpaired) electrons. The zero-order valence-corrected chi connectivity index (χ0v) is 21.3. The van der Waals surface area contributed by atoms with Crippen LogP contribution in [0.4, 0.5) is 14.5 Å². The Morgan fingerprint density at radius 1 is 1.05 bits per heavy atom. The van der Waals surface area contributed by atoms with Crippen LogP contribution in [-0.4, -0.2) is 39.0 Å². The van der Waals surface area contributed by atoms with Crippen molar-refractivity contribution in [3.05, 3.63) is 81.8 Å². The van der Waals surface area contributed by atoms with Gasteiger partial charge in [0.25, 0.3) is 11.8 Å². The maximum absolute atomic E-state index is 14.1. The first-order valence-electron chi connectivity index (χ1n) is 11.3. The highest BCUT2D eigenvalue weighted by Gasteiger charge is 2.28. The summed E-state index contributed by atoms with van der Waals surface area (Å²) in [6.45, 7) is 2.91. The lowest BCUT2D eigenvalue weighted by Crippen LogP contribution is -2.24. The molecule has 11 heteroatoms. The van der Waals surface area contributed by atoms with E-state index in [1.807, 2.05) is 0 Å². The zero-order valence-electron chi connectivity index (χ0n) is 20.5. The molecule has 0 aliphatic heterocycles. The minimum Gasteiger partial charge on any atom is -0.354 e. The van der Waals surface area contributed by atoms with E-state index >= 15 is 0 Å². The Balaban J connectivity index is 1.89. The first kappa shape index (κ1) is 26.0. The van der Waals surface area contributed by atoms with Gasteiger partial charge in [-0.1, -0.05) is 18.5 Å². The van der Waals surface area contributed by atoms with Crippen molar-refractivity contribution < 1.29 is 23.2 Å². The largest absolute Gasteiger partial charge is 0.354 e. The van der Waals surface area contributed by atoms with Gasteiger partial charge in [0, 0.05) is 36.1 Å². The van der Waals surface area contributed by atoms with Crippen LogP contribution in [0.2, 0.25) is 5.02 Å². The summed E-state index contributed by atoms with van der Waals surface area (Å²) in [5.41, 5.74) is 1.59. The quantitative estimate of drug-likeness (QED) is 0.365. The number of halogens is 3. The van der Waals surface area contributed by atoms with Crippen LogP contribution in [0.25, 0.3) is 10.9 Å². The number of aromatic nitrogens is 3. The molecule has 4 aromatic rings. The number of ketones is 1. The van der Waals surface area contributed by atoms with Crippen molar-refractivity contribution in [2.24, 2.45) is 7.05 Å². The second-order valence-electron chi connectivity index (χ2n) is 8.67. The summed E-state index contributed by atoms with van der Waals surface area (Å²) in [5.74, 6) is -3.09. The first-order chi connectivity index (χ1) is 17.5. The molecule has 2 amide bonds. The van der Waals surface area contributed by atoms with Crippen molar-refractivity contribution in [3.63, 3.8) is 0 Å². The lowest BCUT2D eigenvalue weighted by atomic mass is 9.96. The van der Waals surface area contributed by atoms with E-state index in [-0.39, 0.29) is 34.4 Å². The summed E-state index contributed by atoms with van der Waals surface area (Å²) in [6.07, 6.45) is 0. The molecule has 0 saturated carbocycles. The Bertz CT molecular complexity index is 1560. The van der Waals surface area contributed by atoms with Crippen LogP contribution >= 0.6 is 11.6 Å². The number of amides is 2. The van der Waals surface area contributed by atoms with Gasteiger partial charge in [-0.25, -0.2) is 8.78 Å². The number of hydrogen-bond donors (Lipinski definition) is 2. The van der Waals surface area contributed by atoms with Crippen LogP contribution in [0.5, 0.6) is 0 Å². The Labute approximate surface area is 216 Å². The summed E-state index contributed by atoms with van der Waals surface area (Å²) >= 11 is 6.37. The van der Waals surface area contributed by atoms with E-state index < -0.39 is 29.4 Å². The average molecular weight is 528 g/mol. The molecule has 192 valence electrons. The van der Waals surface area contributed by atoms with E-state index in [2.05, 4.69) is 15.7 Å². The maximum Gasteiger partial charge on any atom is 0.276 e. The van der Waals surface area contributed by atoms with Gasteiger partial charge in [0.1, 0.15) is 23.1 Å². The number of anilines is 1. The highest BCUT2D eigenvalue weighted by molar-refractivity contribution is 6.31. The predicted octanol–water partition coefficient (Wildman–Crippen LogP) is 4.66. The summed E-state index contributed by atoms with van der Waals surface area (Å²) in [4.78, 5) is 38.3. The summed E-state index contributed by atoms with van der Waals surface area (Å²) in [6, 6.07) is 9.32. The molecule has 2 aromatic heterocycles. The van der Waals surface area contributed by atoms with Crippen molar-refractivity contribution in [2.75, 3.05) is 12.4 Å². The molecule has 0 aliphatic carbocycles. The molecule has 1 atom stereocenters. The number of nitrogens with one attached hydrogen (secondary N) is 2.